The lowest BCUT2D eigenvalue weighted by molar-refractivity contribution is -0.132. The van der Waals surface area contributed by atoms with Gasteiger partial charge in [-0.05, 0) is 71.6 Å². The van der Waals surface area contributed by atoms with Crippen molar-refractivity contribution >= 4 is 57.3 Å². The van der Waals surface area contributed by atoms with Crippen LogP contribution in [0.15, 0.2) is 94.8 Å². The standard InChI is InChI=1S/C37H32ClN3O7S2/c1-21-9-5-6-10-23(21)19-48-26-15-13-22(14-16-26)32(42)30-31(25-17-28(45-2)34(47-4)29(18-25)46-3)41(35(44)33(30)43)36-39-40-37(50-36)49-20-24-11-7-8-12-27(24)38/h5-18,31,42H,19-20H2,1-4H3. The molecule has 6 rings (SSSR count). The molecule has 2 heterocycles. The number of Topliss-reactive ketones (excluding diaryl/α,β-unsaturated/α-hetero) is 1. The van der Waals surface area contributed by atoms with E-state index >= 15 is 0 Å². The van der Waals surface area contributed by atoms with Gasteiger partial charge in [0, 0.05) is 16.3 Å². The van der Waals surface area contributed by atoms with Crippen molar-refractivity contribution in [2.75, 3.05) is 26.2 Å². The van der Waals surface area contributed by atoms with Gasteiger partial charge in [-0.15, -0.1) is 10.2 Å². The van der Waals surface area contributed by atoms with Crippen LogP contribution in [0.1, 0.15) is 33.9 Å². The number of rotatable bonds is 12. The highest BCUT2D eigenvalue weighted by Crippen LogP contribution is 2.48. The van der Waals surface area contributed by atoms with Crippen LogP contribution in [0.4, 0.5) is 5.13 Å². The van der Waals surface area contributed by atoms with Crippen LogP contribution >= 0.6 is 34.7 Å². The molecule has 1 aliphatic rings. The van der Waals surface area contributed by atoms with Crippen LogP contribution in [0.25, 0.3) is 5.76 Å². The summed E-state index contributed by atoms with van der Waals surface area (Å²) in [6.45, 7) is 2.38. The zero-order valence-electron chi connectivity index (χ0n) is 27.5. The van der Waals surface area contributed by atoms with Crippen LogP contribution < -0.4 is 23.8 Å². The van der Waals surface area contributed by atoms with Gasteiger partial charge < -0.3 is 24.1 Å². The van der Waals surface area contributed by atoms with E-state index in [1.54, 1.807) is 36.4 Å². The molecule has 0 bridgehead atoms. The highest BCUT2D eigenvalue weighted by atomic mass is 35.5. The van der Waals surface area contributed by atoms with Gasteiger partial charge in [0.15, 0.2) is 15.8 Å². The fraction of sp³-hybridized carbons (Fsp3) is 0.189. The highest BCUT2D eigenvalue weighted by molar-refractivity contribution is 8.00. The molecule has 1 unspecified atom stereocenters. The van der Waals surface area contributed by atoms with Crippen molar-refractivity contribution in [3.05, 3.63) is 123 Å². The first-order valence-electron chi connectivity index (χ1n) is 15.3. The summed E-state index contributed by atoms with van der Waals surface area (Å²) in [7, 11) is 4.41. The summed E-state index contributed by atoms with van der Waals surface area (Å²) in [5, 5.41) is 21.1. The molecule has 1 N–H and O–H groups in total. The molecule has 1 amide bonds. The fourth-order valence-corrected chi connectivity index (χ4v) is 7.67. The number of benzene rings is 4. The number of thioether (sulfide) groups is 1. The topological polar surface area (TPSA) is 120 Å². The minimum Gasteiger partial charge on any atom is -0.507 e. The molecule has 1 atom stereocenters. The molecule has 0 saturated carbocycles. The molecule has 1 saturated heterocycles. The molecule has 256 valence electrons. The Morgan fingerprint density at radius 1 is 0.900 bits per heavy atom. The van der Waals surface area contributed by atoms with Gasteiger partial charge in [-0.3, -0.25) is 14.5 Å². The normalized spacial score (nSPS) is 15.3. The Labute approximate surface area is 302 Å². The number of aliphatic hydroxyl groups excluding tert-OH is 1. The lowest BCUT2D eigenvalue weighted by atomic mass is 9.94. The van der Waals surface area contributed by atoms with Gasteiger partial charge in [-0.1, -0.05) is 77.2 Å². The van der Waals surface area contributed by atoms with Crippen molar-refractivity contribution in [1.82, 2.24) is 10.2 Å². The van der Waals surface area contributed by atoms with E-state index in [1.165, 1.54) is 38.0 Å². The van der Waals surface area contributed by atoms with E-state index in [9.17, 15) is 14.7 Å². The van der Waals surface area contributed by atoms with Crippen molar-refractivity contribution in [2.24, 2.45) is 0 Å². The predicted molar refractivity (Wildman–Crippen MR) is 194 cm³/mol. The lowest BCUT2D eigenvalue weighted by Crippen LogP contribution is -2.29. The summed E-state index contributed by atoms with van der Waals surface area (Å²) < 4.78 is 23.2. The molecular weight excluding hydrogens is 698 g/mol. The number of aryl methyl sites for hydroxylation is 1. The summed E-state index contributed by atoms with van der Waals surface area (Å²) in [6, 6.07) is 24.2. The van der Waals surface area contributed by atoms with Crippen molar-refractivity contribution in [3.63, 3.8) is 0 Å². The number of nitrogens with zero attached hydrogens (tertiary/aromatic N) is 3. The Kier molecular flexibility index (Phi) is 10.6. The minimum absolute atomic E-state index is 0.140. The first-order chi connectivity index (χ1) is 24.2. The highest BCUT2D eigenvalue weighted by Gasteiger charge is 2.49. The lowest BCUT2D eigenvalue weighted by Gasteiger charge is -2.24. The van der Waals surface area contributed by atoms with Crippen LogP contribution in [0.2, 0.25) is 5.02 Å². The third-order valence-electron chi connectivity index (χ3n) is 8.14. The minimum atomic E-state index is -1.12. The monoisotopic (exact) mass is 729 g/mol. The smallest absolute Gasteiger partial charge is 0.301 e. The number of ether oxygens (including phenoxy) is 4. The molecule has 4 aromatic carbocycles. The summed E-state index contributed by atoms with van der Waals surface area (Å²) in [4.78, 5) is 28.9. The molecule has 0 aliphatic carbocycles. The second-order valence-electron chi connectivity index (χ2n) is 11.1. The number of anilines is 1. The number of aliphatic hydroxyl groups is 1. The molecule has 1 aliphatic heterocycles. The maximum Gasteiger partial charge on any atom is 0.301 e. The molecule has 0 radical (unpaired) electrons. The molecule has 5 aromatic rings. The summed E-state index contributed by atoms with van der Waals surface area (Å²) in [5.41, 5.74) is 3.67. The van der Waals surface area contributed by atoms with Crippen molar-refractivity contribution in [1.29, 1.82) is 0 Å². The second kappa shape index (κ2) is 15.2. The van der Waals surface area contributed by atoms with Gasteiger partial charge in [0.2, 0.25) is 10.9 Å². The van der Waals surface area contributed by atoms with Crippen LogP contribution in [-0.4, -0.2) is 48.3 Å². The van der Waals surface area contributed by atoms with E-state index in [0.717, 1.165) is 28.0 Å². The summed E-state index contributed by atoms with van der Waals surface area (Å²) in [5.74, 6) is -0.106. The number of carbonyl (C=O) groups excluding carboxylic acids is 2. The van der Waals surface area contributed by atoms with Gasteiger partial charge in [0.25, 0.3) is 5.78 Å². The van der Waals surface area contributed by atoms with Crippen LogP contribution in [0.5, 0.6) is 23.0 Å². The number of amides is 1. The van der Waals surface area contributed by atoms with Crippen LogP contribution in [0.3, 0.4) is 0 Å². The molecule has 50 heavy (non-hydrogen) atoms. The SMILES string of the molecule is COc1cc(C2C(=C(O)c3ccc(OCc4ccccc4C)cc3)C(=O)C(=O)N2c2nnc(SCc3ccccc3Cl)s2)cc(OC)c1OC. The van der Waals surface area contributed by atoms with E-state index in [0.29, 0.717) is 55.8 Å². The third-order valence-corrected chi connectivity index (χ3v) is 10.6. The molecule has 1 aromatic heterocycles. The molecule has 1 fully saturated rings. The van der Waals surface area contributed by atoms with Crippen molar-refractivity contribution in [2.45, 2.75) is 29.7 Å². The Morgan fingerprint density at radius 2 is 1.56 bits per heavy atom. The molecule has 13 heteroatoms. The molecular formula is C37H32ClN3O7S2. The largest absolute Gasteiger partial charge is 0.507 e. The van der Waals surface area contributed by atoms with Crippen molar-refractivity contribution < 1.29 is 33.6 Å². The van der Waals surface area contributed by atoms with E-state index in [2.05, 4.69) is 10.2 Å². The van der Waals surface area contributed by atoms with Crippen LogP contribution in [-0.2, 0) is 21.9 Å². The number of ketones is 1. The van der Waals surface area contributed by atoms with Crippen LogP contribution in [0, 0.1) is 6.92 Å². The fourth-order valence-electron chi connectivity index (χ4n) is 5.52. The average Bonchev–Trinajstić information content (AvgIpc) is 3.71. The zero-order chi connectivity index (χ0) is 35.4. The van der Waals surface area contributed by atoms with Gasteiger partial charge in [-0.2, -0.15) is 0 Å². The number of methoxy groups -OCH3 is 3. The quantitative estimate of drug-likeness (QED) is 0.0444. The number of hydrogen-bond acceptors (Lipinski definition) is 11. The van der Waals surface area contributed by atoms with E-state index in [4.69, 9.17) is 30.5 Å². The van der Waals surface area contributed by atoms with E-state index < -0.39 is 17.7 Å². The average molecular weight is 730 g/mol. The summed E-state index contributed by atoms with van der Waals surface area (Å²) >= 11 is 8.89. The molecule has 10 nitrogen and oxygen atoms in total. The Balaban J connectivity index is 1.38. The number of carbonyl (C=O) groups is 2. The number of hydrogen-bond donors (Lipinski definition) is 1. The zero-order valence-corrected chi connectivity index (χ0v) is 29.9. The number of aromatic nitrogens is 2. The first-order valence-corrected chi connectivity index (χ1v) is 17.5. The Bertz CT molecular complexity index is 2060. The Hall–Kier alpha value is -5.04. The van der Waals surface area contributed by atoms with Gasteiger partial charge in [-0.25, -0.2) is 0 Å². The van der Waals surface area contributed by atoms with Gasteiger partial charge >= 0.3 is 5.91 Å². The van der Waals surface area contributed by atoms with Gasteiger partial charge in [0.1, 0.15) is 18.1 Å². The number of halogens is 1. The first kappa shape index (κ1) is 34.8. The predicted octanol–water partition coefficient (Wildman–Crippen LogP) is 8.02. The maximum absolute atomic E-state index is 13.8. The second-order valence-corrected chi connectivity index (χ2v) is 13.7. The van der Waals surface area contributed by atoms with Crippen molar-refractivity contribution in [3.8, 4) is 23.0 Å². The summed E-state index contributed by atoms with van der Waals surface area (Å²) in [6.07, 6.45) is 0. The molecule has 0 spiro atoms. The third kappa shape index (κ3) is 7.00. The van der Waals surface area contributed by atoms with E-state index in [-0.39, 0.29) is 16.5 Å². The Morgan fingerprint density at radius 3 is 2.20 bits per heavy atom. The van der Waals surface area contributed by atoms with E-state index in [1.807, 2.05) is 55.5 Å². The maximum atomic E-state index is 13.8. The van der Waals surface area contributed by atoms with Gasteiger partial charge in [0.05, 0.1) is 32.9 Å².